The van der Waals surface area contributed by atoms with E-state index >= 15 is 0 Å². The van der Waals surface area contributed by atoms with E-state index in [1.807, 2.05) is 30.3 Å². The summed E-state index contributed by atoms with van der Waals surface area (Å²) in [5.74, 6) is 6.08. The average Bonchev–Trinajstić information content (AvgIpc) is 3.36. The van der Waals surface area contributed by atoms with Gasteiger partial charge in [0.15, 0.2) is 5.65 Å². The van der Waals surface area contributed by atoms with E-state index in [2.05, 4.69) is 37.2 Å². The smallest absolute Gasteiger partial charge is 0.316 e. The Morgan fingerprint density at radius 1 is 1.00 bits per heavy atom. The Bertz CT molecular complexity index is 2070. The predicted molar refractivity (Wildman–Crippen MR) is 156 cm³/mol. The quantitative estimate of drug-likeness (QED) is 0.320. The number of hydrogen-bond donors (Lipinski definition) is 1. The molecule has 0 aliphatic rings. The number of carbonyl (C=O) groups is 1. The summed E-state index contributed by atoms with van der Waals surface area (Å²) in [6.07, 6.45) is 6.44. The third kappa shape index (κ3) is 4.82. The summed E-state index contributed by atoms with van der Waals surface area (Å²) in [4.78, 5) is 45.0. The van der Waals surface area contributed by atoms with Crippen molar-refractivity contribution in [3.05, 3.63) is 118 Å². The van der Waals surface area contributed by atoms with Crippen LogP contribution >= 0.6 is 0 Å². The molecule has 0 saturated heterocycles. The van der Waals surface area contributed by atoms with Crippen LogP contribution < -0.4 is 15.6 Å². The predicted octanol–water partition coefficient (Wildman–Crippen LogP) is 3.43. The van der Waals surface area contributed by atoms with E-state index < -0.39 is 6.04 Å². The van der Waals surface area contributed by atoms with Gasteiger partial charge in [-0.2, -0.15) is 5.10 Å². The van der Waals surface area contributed by atoms with E-state index in [4.69, 9.17) is 9.72 Å². The van der Waals surface area contributed by atoms with Gasteiger partial charge >= 0.3 is 6.01 Å². The van der Waals surface area contributed by atoms with E-state index in [1.165, 1.54) is 11.7 Å². The van der Waals surface area contributed by atoms with Gasteiger partial charge in [0, 0.05) is 30.4 Å². The first-order valence-corrected chi connectivity index (χ1v) is 13.0. The van der Waals surface area contributed by atoms with Crippen molar-refractivity contribution in [1.29, 1.82) is 0 Å². The molecule has 0 radical (unpaired) electrons. The second-order valence-corrected chi connectivity index (χ2v) is 9.40. The van der Waals surface area contributed by atoms with Crippen LogP contribution in [-0.2, 0) is 0 Å². The Morgan fingerprint density at radius 2 is 1.79 bits per heavy atom. The zero-order valence-electron chi connectivity index (χ0n) is 22.9. The molecule has 0 bridgehead atoms. The topological polar surface area (TPSA) is 129 Å². The fourth-order valence-corrected chi connectivity index (χ4v) is 4.69. The lowest BCUT2D eigenvalue weighted by Crippen LogP contribution is -2.33. The highest BCUT2D eigenvalue weighted by Gasteiger charge is 2.24. The van der Waals surface area contributed by atoms with Crippen molar-refractivity contribution in [3.63, 3.8) is 0 Å². The minimum atomic E-state index is -0.654. The molecule has 2 aromatic carbocycles. The molecule has 42 heavy (non-hydrogen) atoms. The maximum atomic E-state index is 14.2. The van der Waals surface area contributed by atoms with E-state index in [0.29, 0.717) is 50.4 Å². The zero-order chi connectivity index (χ0) is 29.2. The molecule has 0 fully saturated rings. The summed E-state index contributed by atoms with van der Waals surface area (Å²) in [6, 6.07) is 15.8. The number of aryl methyl sites for hydroxylation is 1. The maximum Gasteiger partial charge on any atom is 0.316 e. The molecule has 1 atom stereocenters. The van der Waals surface area contributed by atoms with E-state index in [1.54, 1.807) is 67.4 Å². The van der Waals surface area contributed by atoms with Gasteiger partial charge in [-0.25, -0.2) is 24.5 Å². The Hall–Kier alpha value is -5.89. The number of methoxy groups -OCH3 is 1. The van der Waals surface area contributed by atoms with Crippen LogP contribution in [0.15, 0.2) is 84.2 Å². The summed E-state index contributed by atoms with van der Waals surface area (Å²) in [7, 11) is 1.49. The first kappa shape index (κ1) is 26.3. The summed E-state index contributed by atoms with van der Waals surface area (Å²) < 4.78 is 8.07. The summed E-state index contributed by atoms with van der Waals surface area (Å²) in [6.45, 7) is 3.54. The lowest BCUT2D eigenvalue weighted by atomic mass is 10.1. The van der Waals surface area contributed by atoms with Gasteiger partial charge in [0.05, 0.1) is 41.0 Å². The average molecular weight is 557 g/mol. The second-order valence-electron chi connectivity index (χ2n) is 9.40. The second kappa shape index (κ2) is 10.9. The number of rotatable bonds is 5. The molecule has 4 aromatic heterocycles. The Kier molecular flexibility index (Phi) is 6.86. The first-order chi connectivity index (χ1) is 20.4. The van der Waals surface area contributed by atoms with Gasteiger partial charge in [0.1, 0.15) is 11.4 Å². The van der Waals surface area contributed by atoms with Gasteiger partial charge < -0.3 is 10.1 Å². The van der Waals surface area contributed by atoms with E-state index in [0.717, 1.165) is 0 Å². The van der Waals surface area contributed by atoms with Crippen LogP contribution in [0.25, 0.3) is 22.2 Å². The molecule has 0 spiro atoms. The molecule has 0 saturated carbocycles. The minimum Gasteiger partial charge on any atom is -0.467 e. The standard InChI is InChI=1S/C31H24N8O3/c1-19-25(28-32-15-8-16-38(28)37-19)29(40)35-20(2)27-36-24-12-7-9-22(14-13-21-17-33-31(42-3)34-18-21)26(24)30(41)39(27)23-10-5-4-6-11-23/h4-12,15-18,20H,1-3H3,(H,35,40)/t20-/m1/s1. The zero-order valence-corrected chi connectivity index (χ0v) is 22.9. The van der Waals surface area contributed by atoms with Crippen molar-refractivity contribution in [2.24, 2.45) is 0 Å². The fourth-order valence-electron chi connectivity index (χ4n) is 4.69. The molecule has 11 nitrogen and oxygen atoms in total. The lowest BCUT2D eigenvalue weighted by Gasteiger charge is -2.20. The molecular formula is C31H24N8O3. The van der Waals surface area contributed by atoms with Gasteiger partial charge in [-0.3, -0.25) is 14.2 Å². The number of aromatic nitrogens is 7. The summed E-state index contributed by atoms with van der Waals surface area (Å²) >= 11 is 0. The van der Waals surface area contributed by atoms with Gasteiger partial charge in [0.2, 0.25) is 0 Å². The van der Waals surface area contributed by atoms with Crippen LogP contribution in [0.2, 0.25) is 0 Å². The molecule has 6 aromatic rings. The van der Waals surface area contributed by atoms with Crippen molar-refractivity contribution in [2.45, 2.75) is 19.9 Å². The molecule has 0 unspecified atom stereocenters. The third-order valence-corrected chi connectivity index (χ3v) is 6.62. The third-order valence-electron chi connectivity index (χ3n) is 6.62. The highest BCUT2D eigenvalue weighted by atomic mass is 16.5. The largest absolute Gasteiger partial charge is 0.467 e. The van der Waals surface area contributed by atoms with Crippen LogP contribution in [0.5, 0.6) is 6.01 Å². The number of amides is 1. The maximum absolute atomic E-state index is 14.2. The Balaban J connectivity index is 1.46. The van der Waals surface area contributed by atoms with Crippen LogP contribution in [0.1, 0.15) is 46.0 Å². The number of nitrogens with zero attached hydrogens (tertiary/aromatic N) is 7. The number of para-hydroxylation sites is 1. The van der Waals surface area contributed by atoms with Crippen LogP contribution in [0.4, 0.5) is 0 Å². The molecule has 0 aliphatic carbocycles. The van der Waals surface area contributed by atoms with Crippen molar-refractivity contribution in [1.82, 2.24) is 39.4 Å². The Morgan fingerprint density at radius 3 is 2.55 bits per heavy atom. The van der Waals surface area contributed by atoms with Crippen molar-refractivity contribution in [3.8, 4) is 23.5 Å². The number of nitrogens with one attached hydrogen (secondary N) is 1. The van der Waals surface area contributed by atoms with Crippen molar-refractivity contribution >= 4 is 22.5 Å². The van der Waals surface area contributed by atoms with Gasteiger partial charge in [-0.15, -0.1) is 0 Å². The number of hydrogen-bond acceptors (Lipinski definition) is 8. The molecule has 11 heteroatoms. The van der Waals surface area contributed by atoms with Crippen molar-refractivity contribution < 1.29 is 9.53 Å². The highest BCUT2D eigenvalue weighted by Crippen LogP contribution is 2.21. The molecule has 1 N–H and O–H groups in total. The van der Waals surface area contributed by atoms with Gasteiger partial charge in [0.25, 0.3) is 11.5 Å². The van der Waals surface area contributed by atoms with E-state index in [9.17, 15) is 9.59 Å². The van der Waals surface area contributed by atoms with Gasteiger partial charge in [-0.05, 0) is 44.2 Å². The highest BCUT2D eigenvalue weighted by molar-refractivity contribution is 6.01. The minimum absolute atomic E-state index is 0.238. The van der Waals surface area contributed by atoms with Crippen LogP contribution in [0.3, 0.4) is 0 Å². The summed E-state index contributed by atoms with van der Waals surface area (Å²) in [5.41, 5.74) is 3.15. The monoisotopic (exact) mass is 556 g/mol. The number of benzene rings is 2. The molecule has 0 aliphatic heterocycles. The number of carbonyl (C=O) groups excluding carboxylic acids is 1. The normalized spacial score (nSPS) is 11.6. The Labute approximate surface area is 239 Å². The van der Waals surface area contributed by atoms with E-state index in [-0.39, 0.29) is 17.5 Å². The van der Waals surface area contributed by atoms with Crippen LogP contribution in [0, 0.1) is 18.8 Å². The number of fused-ring (bicyclic) bond motifs is 2. The van der Waals surface area contributed by atoms with Crippen molar-refractivity contribution in [2.75, 3.05) is 7.11 Å². The molecule has 1 amide bonds. The van der Waals surface area contributed by atoms with Crippen LogP contribution in [-0.4, -0.2) is 47.1 Å². The molecule has 206 valence electrons. The molecule has 6 rings (SSSR count). The molecular weight excluding hydrogens is 532 g/mol. The number of ether oxygens (including phenoxy) is 1. The first-order valence-electron chi connectivity index (χ1n) is 13.0. The van der Waals surface area contributed by atoms with Gasteiger partial charge in [-0.1, -0.05) is 36.1 Å². The summed E-state index contributed by atoms with van der Waals surface area (Å²) in [5, 5.41) is 7.74. The molecule has 4 heterocycles. The lowest BCUT2D eigenvalue weighted by molar-refractivity contribution is 0.0938. The fraction of sp³-hybridized carbons (Fsp3) is 0.129. The SMILES string of the molecule is COc1ncc(C#Cc2cccc3nc([C@@H](C)NC(=O)c4c(C)nn5cccnc45)n(-c4ccccc4)c(=O)c23)cn1.